The summed E-state index contributed by atoms with van der Waals surface area (Å²) in [6.45, 7) is 2.46. The molecule has 0 aliphatic rings. The first-order valence-corrected chi connectivity index (χ1v) is 8.66. The molecule has 1 heterocycles. The summed E-state index contributed by atoms with van der Waals surface area (Å²) in [7, 11) is 4.05. The van der Waals surface area contributed by atoms with Crippen LogP contribution in [0.4, 0.5) is 0 Å². The molecule has 1 amide bonds. The van der Waals surface area contributed by atoms with E-state index in [9.17, 15) is 4.79 Å². The summed E-state index contributed by atoms with van der Waals surface area (Å²) in [5.41, 5.74) is 7.21. The Morgan fingerprint density at radius 3 is 2.32 bits per heavy atom. The maximum Gasteiger partial charge on any atom is 0.224 e. The minimum atomic E-state index is -0.296. The number of hydrogen-bond acceptors (Lipinski definition) is 4. The molecule has 0 fully saturated rings. The van der Waals surface area contributed by atoms with E-state index < -0.39 is 0 Å². The lowest BCUT2D eigenvalue weighted by molar-refractivity contribution is -0.125. The van der Waals surface area contributed by atoms with Gasteiger partial charge in [-0.15, -0.1) is 36.2 Å². The minimum absolute atomic E-state index is 0. The molecular formula is C18H27Cl2N3OS. The molecule has 0 saturated heterocycles. The van der Waals surface area contributed by atoms with Crippen LogP contribution in [-0.4, -0.2) is 31.4 Å². The van der Waals surface area contributed by atoms with Crippen LogP contribution in [-0.2, 0) is 4.79 Å². The zero-order chi connectivity index (χ0) is 16.8. The number of nitrogens with zero attached hydrogens (tertiary/aromatic N) is 1. The SMILES string of the molecule is CC(C(=O)NCC(c1cccs1)N(C)C)C(N)c1ccccc1.Cl.Cl. The van der Waals surface area contributed by atoms with E-state index in [1.807, 2.05) is 57.4 Å². The number of amides is 1. The highest BCUT2D eigenvalue weighted by molar-refractivity contribution is 7.10. The molecule has 3 atom stereocenters. The van der Waals surface area contributed by atoms with Crippen LogP contribution in [0.2, 0.25) is 0 Å². The van der Waals surface area contributed by atoms with E-state index in [1.165, 1.54) is 4.88 Å². The number of likely N-dealkylation sites (N-methyl/N-ethyl adjacent to an activating group) is 1. The molecule has 1 aromatic carbocycles. The van der Waals surface area contributed by atoms with Crippen LogP contribution in [0, 0.1) is 5.92 Å². The number of nitrogens with one attached hydrogen (secondary N) is 1. The zero-order valence-corrected chi connectivity index (χ0v) is 17.2. The summed E-state index contributed by atoms with van der Waals surface area (Å²) >= 11 is 1.70. The van der Waals surface area contributed by atoms with Crippen molar-refractivity contribution in [1.29, 1.82) is 0 Å². The Hall–Kier alpha value is -1.11. The van der Waals surface area contributed by atoms with E-state index in [1.54, 1.807) is 11.3 Å². The van der Waals surface area contributed by atoms with Gasteiger partial charge in [0, 0.05) is 17.5 Å². The maximum atomic E-state index is 12.4. The number of carbonyl (C=O) groups excluding carboxylic acids is 1. The van der Waals surface area contributed by atoms with Crippen LogP contribution in [0.15, 0.2) is 47.8 Å². The fraction of sp³-hybridized carbons (Fsp3) is 0.389. The van der Waals surface area contributed by atoms with Crippen LogP contribution >= 0.6 is 36.2 Å². The summed E-state index contributed by atoms with van der Waals surface area (Å²) in [4.78, 5) is 15.8. The minimum Gasteiger partial charge on any atom is -0.354 e. The third-order valence-corrected chi connectivity index (χ3v) is 5.07. The number of carbonyl (C=O) groups is 1. The maximum absolute atomic E-state index is 12.4. The van der Waals surface area contributed by atoms with Crippen molar-refractivity contribution in [3.8, 4) is 0 Å². The van der Waals surface area contributed by atoms with Crippen molar-refractivity contribution in [2.75, 3.05) is 20.6 Å². The Kier molecular flexibility index (Phi) is 11.0. The fourth-order valence-electron chi connectivity index (χ4n) is 2.50. The van der Waals surface area contributed by atoms with Gasteiger partial charge in [-0.3, -0.25) is 4.79 Å². The molecule has 0 aliphatic heterocycles. The largest absolute Gasteiger partial charge is 0.354 e. The first-order chi connectivity index (χ1) is 11.0. The number of hydrogen-bond donors (Lipinski definition) is 2. The smallest absolute Gasteiger partial charge is 0.224 e. The summed E-state index contributed by atoms with van der Waals surface area (Å²) < 4.78 is 0. The zero-order valence-electron chi connectivity index (χ0n) is 14.7. The molecule has 25 heavy (non-hydrogen) atoms. The Labute approximate surface area is 166 Å². The van der Waals surface area contributed by atoms with Gasteiger partial charge in [0.2, 0.25) is 5.91 Å². The number of thiophene rings is 1. The molecule has 3 N–H and O–H groups in total. The normalized spacial score (nSPS) is 14.0. The molecule has 0 radical (unpaired) electrons. The van der Waals surface area contributed by atoms with Gasteiger partial charge >= 0.3 is 0 Å². The molecule has 1 aromatic heterocycles. The second-order valence-corrected chi connectivity index (χ2v) is 6.94. The van der Waals surface area contributed by atoms with Crippen LogP contribution < -0.4 is 11.1 Å². The van der Waals surface area contributed by atoms with Crippen molar-refractivity contribution < 1.29 is 4.79 Å². The third-order valence-electron chi connectivity index (χ3n) is 4.10. The molecule has 0 spiro atoms. The van der Waals surface area contributed by atoms with E-state index >= 15 is 0 Å². The van der Waals surface area contributed by atoms with Gasteiger partial charge in [0.25, 0.3) is 0 Å². The molecule has 0 saturated carbocycles. The van der Waals surface area contributed by atoms with Gasteiger partial charge in [0.1, 0.15) is 0 Å². The van der Waals surface area contributed by atoms with E-state index in [4.69, 9.17) is 5.73 Å². The topological polar surface area (TPSA) is 58.4 Å². The van der Waals surface area contributed by atoms with Gasteiger partial charge < -0.3 is 16.0 Å². The van der Waals surface area contributed by atoms with E-state index in [-0.39, 0.29) is 48.7 Å². The molecule has 0 aliphatic carbocycles. The van der Waals surface area contributed by atoms with Gasteiger partial charge in [-0.2, -0.15) is 0 Å². The first kappa shape index (κ1) is 23.9. The highest BCUT2D eigenvalue weighted by atomic mass is 35.5. The van der Waals surface area contributed by atoms with Crippen LogP contribution in [0.25, 0.3) is 0 Å². The van der Waals surface area contributed by atoms with Crippen molar-refractivity contribution in [2.24, 2.45) is 11.7 Å². The van der Waals surface area contributed by atoms with Crippen molar-refractivity contribution >= 4 is 42.1 Å². The fourth-order valence-corrected chi connectivity index (χ4v) is 3.43. The molecule has 7 heteroatoms. The molecule has 0 bridgehead atoms. The van der Waals surface area contributed by atoms with Crippen molar-refractivity contribution in [2.45, 2.75) is 19.0 Å². The van der Waals surface area contributed by atoms with Crippen molar-refractivity contribution in [1.82, 2.24) is 10.2 Å². The molecule has 2 rings (SSSR count). The third kappa shape index (κ3) is 6.60. The quantitative estimate of drug-likeness (QED) is 0.741. The van der Waals surface area contributed by atoms with Crippen molar-refractivity contribution in [3.05, 3.63) is 58.3 Å². The highest BCUT2D eigenvalue weighted by Crippen LogP contribution is 2.23. The second-order valence-electron chi connectivity index (χ2n) is 5.97. The molecule has 2 aromatic rings. The second kappa shape index (κ2) is 11.5. The summed E-state index contributed by atoms with van der Waals surface area (Å²) in [5, 5.41) is 5.11. The van der Waals surface area contributed by atoms with Crippen LogP contribution in [0.5, 0.6) is 0 Å². The van der Waals surface area contributed by atoms with Crippen molar-refractivity contribution in [3.63, 3.8) is 0 Å². The van der Waals surface area contributed by atoms with Crippen LogP contribution in [0.3, 0.4) is 0 Å². The van der Waals surface area contributed by atoms with Gasteiger partial charge in [-0.1, -0.05) is 43.3 Å². The lowest BCUT2D eigenvalue weighted by atomic mass is 9.94. The number of benzene rings is 1. The van der Waals surface area contributed by atoms with Gasteiger partial charge in [0.15, 0.2) is 0 Å². The monoisotopic (exact) mass is 403 g/mol. The average molecular weight is 404 g/mol. The average Bonchev–Trinajstić information content (AvgIpc) is 3.08. The molecule has 4 nitrogen and oxygen atoms in total. The van der Waals surface area contributed by atoms with Gasteiger partial charge in [-0.05, 0) is 31.1 Å². The summed E-state index contributed by atoms with van der Waals surface area (Å²) in [6, 6.07) is 13.8. The Balaban J connectivity index is 0.00000288. The van der Waals surface area contributed by atoms with Crippen LogP contribution in [0.1, 0.15) is 29.4 Å². The summed E-state index contributed by atoms with van der Waals surface area (Å²) in [6.07, 6.45) is 0. The number of nitrogens with two attached hydrogens (primary N) is 1. The number of rotatable bonds is 7. The Morgan fingerprint density at radius 2 is 1.80 bits per heavy atom. The predicted octanol–water partition coefficient (Wildman–Crippen LogP) is 3.65. The Morgan fingerprint density at radius 1 is 1.16 bits per heavy atom. The highest BCUT2D eigenvalue weighted by Gasteiger charge is 2.23. The number of halogens is 2. The standard InChI is InChI=1S/C18H25N3OS.2ClH/c1-13(17(19)14-8-5-4-6-9-14)18(22)20-12-15(21(2)3)16-10-7-11-23-16;;/h4-11,13,15,17H,12,19H2,1-3H3,(H,20,22);2*1H. The van der Waals surface area contributed by atoms with Gasteiger partial charge in [0.05, 0.1) is 12.0 Å². The molecule has 3 unspecified atom stereocenters. The molecular weight excluding hydrogens is 377 g/mol. The van der Waals surface area contributed by atoms with E-state index in [0.717, 1.165) is 5.56 Å². The predicted molar refractivity (Wildman–Crippen MR) is 111 cm³/mol. The van der Waals surface area contributed by atoms with E-state index in [2.05, 4.69) is 21.7 Å². The lowest BCUT2D eigenvalue weighted by Crippen LogP contribution is -2.39. The lowest BCUT2D eigenvalue weighted by Gasteiger charge is -2.25. The Bertz CT molecular complexity index is 608. The van der Waals surface area contributed by atoms with Gasteiger partial charge in [-0.25, -0.2) is 0 Å². The molecule has 140 valence electrons. The first-order valence-electron chi connectivity index (χ1n) is 7.78. The van der Waals surface area contributed by atoms with E-state index in [0.29, 0.717) is 6.54 Å². The summed E-state index contributed by atoms with van der Waals surface area (Å²) in [5.74, 6) is -0.284.